The summed E-state index contributed by atoms with van der Waals surface area (Å²) in [6.45, 7) is 3.99. The number of H-pyrrole nitrogens is 1. The third-order valence-corrected chi connectivity index (χ3v) is 4.77. The highest BCUT2D eigenvalue weighted by Gasteiger charge is 2.26. The van der Waals surface area contributed by atoms with Gasteiger partial charge in [0.05, 0.1) is 18.2 Å². The van der Waals surface area contributed by atoms with Crippen molar-refractivity contribution in [1.82, 2.24) is 25.3 Å². The average Bonchev–Trinajstić information content (AvgIpc) is 3.35. The molecule has 1 fully saturated rings. The second-order valence-electron chi connectivity index (χ2n) is 6.83. The molecular formula is C19H22N6O2. The molecular weight excluding hydrogens is 344 g/mol. The Bertz CT molecular complexity index is 887. The molecule has 3 heterocycles. The van der Waals surface area contributed by atoms with Gasteiger partial charge in [-0.05, 0) is 43.1 Å². The molecule has 2 N–H and O–H groups in total. The molecule has 2 aromatic heterocycles. The molecule has 0 saturated carbocycles. The summed E-state index contributed by atoms with van der Waals surface area (Å²) in [6.07, 6.45) is 3.58. The summed E-state index contributed by atoms with van der Waals surface area (Å²) in [4.78, 5) is 14.9. The van der Waals surface area contributed by atoms with Gasteiger partial charge in [-0.25, -0.2) is 0 Å². The Hall–Kier alpha value is -3.00. The van der Waals surface area contributed by atoms with Crippen molar-refractivity contribution in [3.05, 3.63) is 48.3 Å². The summed E-state index contributed by atoms with van der Waals surface area (Å²) in [7, 11) is 0. The Morgan fingerprint density at radius 3 is 2.85 bits per heavy atom. The van der Waals surface area contributed by atoms with Crippen LogP contribution in [0, 0.1) is 12.8 Å². The second kappa shape index (κ2) is 7.71. The fraction of sp³-hybridized carbons (Fsp3) is 0.368. The maximum Gasteiger partial charge on any atom is 0.230 e. The standard InChI is InChI=1S/C19H22N6O2/c1-13-22-24-18(27-13)12-25-10-2-3-15(11-25)19(26)21-16-6-4-14(5-7-16)17-8-9-20-23-17/h4-9,15H,2-3,10-12H2,1H3,(H,20,23)(H,21,26)/t15-/m0/s1. The molecule has 27 heavy (non-hydrogen) atoms. The largest absolute Gasteiger partial charge is 0.424 e. The molecule has 1 aliphatic heterocycles. The van der Waals surface area contributed by atoms with Crippen LogP contribution in [0.25, 0.3) is 11.3 Å². The number of likely N-dealkylation sites (tertiary alicyclic amines) is 1. The van der Waals surface area contributed by atoms with Gasteiger partial charge in [0.2, 0.25) is 17.7 Å². The predicted octanol–water partition coefficient (Wildman–Crippen LogP) is 2.62. The number of hydrogen-bond donors (Lipinski definition) is 2. The van der Waals surface area contributed by atoms with E-state index in [1.165, 1.54) is 0 Å². The van der Waals surface area contributed by atoms with E-state index in [0.717, 1.165) is 36.3 Å². The molecule has 1 atom stereocenters. The van der Waals surface area contributed by atoms with Crippen molar-refractivity contribution < 1.29 is 9.21 Å². The minimum Gasteiger partial charge on any atom is -0.424 e. The van der Waals surface area contributed by atoms with E-state index < -0.39 is 0 Å². The third-order valence-electron chi connectivity index (χ3n) is 4.77. The number of aryl methyl sites for hydroxylation is 1. The van der Waals surface area contributed by atoms with Gasteiger partial charge in [0.25, 0.3) is 0 Å². The van der Waals surface area contributed by atoms with Crippen LogP contribution < -0.4 is 5.32 Å². The zero-order valence-electron chi connectivity index (χ0n) is 15.2. The number of nitrogens with zero attached hydrogens (tertiary/aromatic N) is 4. The highest BCUT2D eigenvalue weighted by molar-refractivity contribution is 5.93. The molecule has 8 heteroatoms. The summed E-state index contributed by atoms with van der Waals surface area (Å²) in [6, 6.07) is 9.67. The smallest absolute Gasteiger partial charge is 0.230 e. The monoisotopic (exact) mass is 366 g/mol. The first kappa shape index (κ1) is 17.4. The van der Waals surface area contributed by atoms with Crippen molar-refractivity contribution in [2.75, 3.05) is 18.4 Å². The summed E-state index contributed by atoms with van der Waals surface area (Å²) < 4.78 is 5.45. The van der Waals surface area contributed by atoms with Crippen LogP contribution in [0.2, 0.25) is 0 Å². The van der Waals surface area contributed by atoms with Crippen molar-refractivity contribution >= 4 is 11.6 Å². The SMILES string of the molecule is Cc1nnc(CN2CCC[C@H](C(=O)Nc3ccc(-c4ccn[nH]4)cc3)C2)o1. The van der Waals surface area contributed by atoms with E-state index in [4.69, 9.17) is 4.42 Å². The average molecular weight is 366 g/mol. The number of piperidine rings is 1. The van der Waals surface area contributed by atoms with Crippen LogP contribution in [0.3, 0.4) is 0 Å². The molecule has 4 rings (SSSR count). The van der Waals surface area contributed by atoms with Crippen LogP contribution in [0.4, 0.5) is 5.69 Å². The maximum absolute atomic E-state index is 12.7. The summed E-state index contributed by atoms with van der Waals surface area (Å²) in [5.41, 5.74) is 2.78. The van der Waals surface area contributed by atoms with Gasteiger partial charge >= 0.3 is 0 Å². The van der Waals surface area contributed by atoms with Crippen LogP contribution >= 0.6 is 0 Å². The van der Waals surface area contributed by atoms with E-state index in [1.54, 1.807) is 13.1 Å². The van der Waals surface area contributed by atoms with E-state index in [9.17, 15) is 4.79 Å². The summed E-state index contributed by atoms with van der Waals surface area (Å²) in [5.74, 6) is 1.17. The molecule has 140 valence electrons. The minimum atomic E-state index is -0.0462. The van der Waals surface area contributed by atoms with Gasteiger partial charge in [-0.1, -0.05) is 12.1 Å². The molecule has 1 aliphatic rings. The first-order valence-electron chi connectivity index (χ1n) is 9.09. The van der Waals surface area contributed by atoms with Gasteiger partial charge in [-0.2, -0.15) is 5.10 Å². The highest BCUT2D eigenvalue weighted by atomic mass is 16.4. The molecule has 0 aliphatic carbocycles. The lowest BCUT2D eigenvalue weighted by molar-refractivity contribution is -0.121. The molecule has 1 saturated heterocycles. The van der Waals surface area contributed by atoms with Gasteiger partial charge in [0, 0.05) is 25.4 Å². The van der Waals surface area contributed by atoms with Gasteiger partial charge in [-0.15, -0.1) is 10.2 Å². The van der Waals surface area contributed by atoms with Gasteiger partial charge in [0.1, 0.15) is 0 Å². The zero-order chi connectivity index (χ0) is 18.6. The molecule has 3 aromatic rings. The van der Waals surface area contributed by atoms with E-state index in [2.05, 4.69) is 30.6 Å². The third kappa shape index (κ3) is 4.22. The first-order chi connectivity index (χ1) is 13.2. The number of anilines is 1. The van der Waals surface area contributed by atoms with E-state index in [-0.39, 0.29) is 11.8 Å². The van der Waals surface area contributed by atoms with Crippen molar-refractivity contribution in [2.45, 2.75) is 26.3 Å². The number of rotatable bonds is 5. The van der Waals surface area contributed by atoms with E-state index in [1.807, 2.05) is 30.3 Å². The molecule has 8 nitrogen and oxygen atoms in total. The van der Waals surface area contributed by atoms with Crippen LogP contribution in [0.5, 0.6) is 0 Å². The van der Waals surface area contributed by atoms with Crippen LogP contribution in [0.15, 0.2) is 40.9 Å². The van der Waals surface area contributed by atoms with Crippen molar-refractivity contribution in [3.63, 3.8) is 0 Å². The number of benzene rings is 1. The normalized spacial score (nSPS) is 17.7. The number of carbonyl (C=O) groups excluding carboxylic acids is 1. The second-order valence-corrected chi connectivity index (χ2v) is 6.83. The number of hydrogen-bond acceptors (Lipinski definition) is 6. The van der Waals surface area contributed by atoms with E-state index >= 15 is 0 Å². The lowest BCUT2D eigenvalue weighted by Crippen LogP contribution is -2.40. The zero-order valence-corrected chi connectivity index (χ0v) is 15.2. The van der Waals surface area contributed by atoms with Crippen molar-refractivity contribution in [1.29, 1.82) is 0 Å². The maximum atomic E-state index is 12.7. The fourth-order valence-corrected chi connectivity index (χ4v) is 3.40. The predicted molar refractivity (Wildman–Crippen MR) is 99.7 cm³/mol. The molecule has 0 spiro atoms. The van der Waals surface area contributed by atoms with Gasteiger partial charge in [0.15, 0.2) is 0 Å². The molecule has 0 unspecified atom stereocenters. The van der Waals surface area contributed by atoms with Gasteiger partial charge < -0.3 is 9.73 Å². The Kier molecular flexibility index (Phi) is 4.97. The first-order valence-corrected chi connectivity index (χ1v) is 9.09. The topological polar surface area (TPSA) is 99.9 Å². The van der Waals surface area contributed by atoms with Crippen molar-refractivity contribution in [2.24, 2.45) is 5.92 Å². The summed E-state index contributed by atoms with van der Waals surface area (Å²) >= 11 is 0. The van der Waals surface area contributed by atoms with Crippen LogP contribution in [0.1, 0.15) is 24.6 Å². The Labute approximate surface area is 157 Å². The quantitative estimate of drug-likeness (QED) is 0.720. The van der Waals surface area contributed by atoms with Gasteiger partial charge in [-0.3, -0.25) is 14.8 Å². The molecule has 1 amide bonds. The van der Waals surface area contributed by atoms with E-state index in [0.29, 0.717) is 24.9 Å². The Morgan fingerprint density at radius 2 is 2.15 bits per heavy atom. The Morgan fingerprint density at radius 1 is 1.30 bits per heavy atom. The van der Waals surface area contributed by atoms with Crippen molar-refractivity contribution in [3.8, 4) is 11.3 Å². The minimum absolute atomic E-state index is 0.0462. The summed E-state index contributed by atoms with van der Waals surface area (Å²) in [5, 5.41) is 17.8. The fourth-order valence-electron chi connectivity index (χ4n) is 3.40. The molecule has 1 aromatic carbocycles. The lowest BCUT2D eigenvalue weighted by Gasteiger charge is -2.30. The van der Waals surface area contributed by atoms with Crippen LogP contribution in [-0.2, 0) is 11.3 Å². The molecule has 0 bridgehead atoms. The molecule has 0 radical (unpaired) electrons. The number of aromatic nitrogens is 4. The Balaban J connectivity index is 1.34. The highest BCUT2D eigenvalue weighted by Crippen LogP contribution is 2.22. The lowest BCUT2D eigenvalue weighted by atomic mass is 9.97. The number of nitrogens with one attached hydrogen (secondary N) is 2. The number of carbonyl (C=O) groups is 1. The number of amides is 1. The van der Waals surface area contributed by atoms with Crippen LogP contribution in [-0.4, -0.2) is 44.3 Å². The number of aromatic amines is 1.